The van der Waals surface area contributed by atoms with Crippen LogP contribution >= 0.6 is 11.6 Å². The van der Waals surface area contributed by atoms with Crippen LogP contribution in [0.1, 0.15) is 36.3 Å². The van der Waals surface area contributed by atoms with Gasteiger partial charge in [-0.1, -0.05) is 16.8 Å². The van der Waals surface area contributed by atoms with Crippen molar-refractivity contribution in [1.29, 1.82) is 0 Å². The Morgan fingerprint density at radius 2 is 1.90 bits per heavy atom. The summed E-state index contributed by atoms with van der Waals surface area (Å²) >= 11 is 6.05. The van der Waals surface area contributed by atoms with Crippen LogP contribution in [0.3, 0.4) is 0 Å². The molecule has 0 unspecified atom stereocenters. The van der Waals surface area contributed by atoms with Crippen LogP contribution in [0.4, 0.5) is 0 Å². The highest BCUT2D eigenvalue weighted by atomic mass is 35.5. The maximum absolute atomic E-state index is 12.7. The largest absolute Gasteiger partial charge is 0.493 e. The van der Waals surface area contributed by atoms with Crippen molar-refractivity contribution in [2.45, 2.75) is 45.4 Å². The first kappa shape index (κ1) is 21.6. The fourth-order valence-electron chi connectivity index (χ4n) is 2.82. The van der Waals surface area contributed by atoms with Crippen molar-refractivity contribution in [3.05, 3.63) is 40.7 Å². The Morgan fingerprint density at radius 3 is 2.70 bits per heavy atom. The number of carbonyl (C=O) groups excluding carboxylic acids is 3. The average molecular weight is 435 g/mol. The number of halogens is 1. The molecule has 0 aliphatic carbocycles. The number of rotatable bonds is 0. The van der Waals surface area contributed by atoms with Crippen LogP contribution in [-0.4, -0.2) is 51.4 Å². The van der Waals surface area contributed by atoms with E-state index in [1.165, 1.54) is 13.0 Å². The van der Waals surface area contributed by atoms with Gasteiger partial charge in [-0.25, -0.2) is 0 Å². The van der Waals surface area contributed by atoms with E-state index in [2.05, 4.69) is 26.3 Å². The Hall–Kier alpha value is -3.14. The minimum atomic E-state index is -0.866. The van der Waals surface area contributed by atoms with Gasteiger partial charge in [-0.3, -0.25) is 19.1 Å². The summed E-state index contributed by atoms with van der Waals surface area (Å²) in [6.45, 7) is 4.15. The first-order chi connectivity index (χ1) is 14.3. The molecule has 2 bridgehead atoms. The van der Waals surface area contributed by atoms with E-state index in [-0.39, 0.29) is 18.0 Å². The molecule has 0 saturated heterocycles. The third kappa shape index (κ3) is 5.47. The van der Waals surface area contributed by atoms with E-state index in [0.717, 1.165) is 0 Å². The van der Waals surface area contributed by atoms with Crippen LogP contribution in [0.15, 0.2) is 24.4 Å². The molecule has 0 spiro atoms. The smallest absolute Gasteiger partial charge is 0.255 e. The maximum atomic E-state index is 12.7. The van der Waals surface area contributed by atoms with Gasteiger partial charge in [0, 0.05) is 18.0 Å². The highest BCUT2D eigenvalue weighted by Crippen LogP contribution is 2.24. The quantitative estimate of drug-likeness (QED) is 0.558. The summed E-state index contributed by atoms with van der Waals surface area (Å²) in [7, 11) is 0. The molecule has 0 fully saturated rings. The number of carbonyl (C=O) groups is 3. The van der Waals surface area contributed by atoms with E-state index < -0.39 is 23.9 Å². The van der Waals surface area contributed by atoms with Crippen molar-refractivity contribution >= 4 is 29.3 Å². The number of hydrogen-bond acceptors (Lipinski definition) is 6. The van der Waals surface area contributed by atoms with Crippen molar-refractivity contribution in [3.63, 3.8) is 0 Å². The monoisotopic (exact) mass is 434 g/mol. The molecule has 1 aromatic heterocycles. The van der Waals surface area contributed by atoms with Crippen LogP contribution in [0.2, 0.25) is 5.02 Å². The first-order valence-electron chi connectivity index (χ1n) is 9.54. The number of aryl methyl sites for hydroxylation is 1. The molecular formula is C19H23ClN6O4. The lowest BCUT2D eigenvalue weighted by atomic mass is 10.1. The van der Waals surface area contributed by atoms with E-state index in [1.54, 1.807) is 29.9 Å². The molecular weight excluding hydrogens is 412 g/mol. The normalized spacial score (nSPS) is 21.2. The summed E-state index contributed by atoms with van der Waals surface area (Å²) in [4.78, 5) is 37.3. The van der Waals surface area contributed by atoms with Gasteiger partial charge < -0.3 is 20.7 Å². The van der Waals surface area contributed by atoms with Gasteiger partial charge in [0.15, 0.2) is 0 Å². The van der Waals surface area contributed by atoms with Crippen LogP contribution in [0.5, 0.6) is 5.75 Å². The summed E-state index contributed by atoms with van der Waals surface area (Å²) in [5.74, 6) is -1.02. The lowest BCUT2D eigenvalue weighted by Gasteiger charge is -2.19. The van der Waals surface area contributed by atoms with Crippen LogP contribution < -0.4 is 20.7 Å². The summed E-state index contributed by atoms with van der Waals surface area (Å²) < 4.78 is 7.41. The molecule has 2 aromatic rings. The molecule has 30 heavy (non-hydrogen) atoms. The van der Waals surface area contributed by atoms with Crippen LogP contribution in [-0.2, 0) is 22.7 Å². The number of hydrogen-bond donors (Lipinski definition) is 3. The standard InChI is InChI=1S/C19H23ClN6O4/c1-11-17(27)21-9-14-10-26(25-24-14)6-3-7-30-16-8-13(20)4-5-15(16)19(29)23-12(2)18(28)22-11/h4-5,8,10-12H,3,6-7,9H2,1-2H3,(H,21,27)(H,22,28)(H,23,29)/t11-,12-/m1/s1. The summed E-state index contributed by atoms with van der Waals surface area (Å²) in [6, 6.07) is 3.01. The number of fused-ring (bicyclic) bond motifs is 3. The van der Waals surface area contributed by atoms with Gasteiger partial charge in [0.05, 0.1) is 24.9 Å². The fourth-order valence-corrected chi connectivity index (χ4v) is 2.98. The maximum Gasteiger partial charge on any atom is 0.255 e. The minimum absolute atomic E-state index is 0.188. The van der Waals surface area contributed by atoms with Crippen molar-refractivity contribution in [2.75, 3.05) is 6.61 Å². The zero-order chi connectivity index (χ0) is 21.7. The van der Waals surface area contributed by atoms with E-state index in [1.807, 2.05) is 0 Å². The molecule has 1 aromatic carbocycles. The highest BCUT2D eigenvalue weighted by molar-refractivity contribution is 6.30. The van der Waals surface area contributed by atoms with Crippen molar-refractivity contribution in [3.8, 4) is 5.75 Å². The summed E-state index contributed by atoms with van der Waals surface area (Å²) in [6.07, 6.45) is 2.34. The number of ether oxygens (including phenoxy) is 1. The van der Waals surface area contributed by atoms with Gasteiger partial charge in [0.2, 0.25) is 11.8 Å². The lowest BCUT2D eigenvalue weighted by molar-refractivity contribution is -0.129. The van der Waals surface area contributed by atoms with E-state index in [0.29, 0.717) is 36.0 Å². The molecule has 2 atom stereocenters. The highest BCUT2D eigenvalue weighted by Gasteiger charge is 2.23. The number of amides is 3. The van der Waals surface area contributed by atoms with Gasteiger partial charge in [-0.15, -0.1) is 5.10 Å². The third-order valence-corrected chi connectivity index (χ3v) is 4.74. The second-order valence-corrected chi connectivity index (χ2v) is 7.40. The first-order valence-corrected chi connectivity index (χ1v) is 9.91. The molecule has 3 amide bonds. The van der Waals surface area contributed by atoms with Crippen LogP contribution in [0, 0.1) is 0 Å². The number of benzene rings is 1. The van der Waals surface area contributed by atoms with Gasteiger partial charge in [0.25, 0.3) is 5.91 Å². The topological polar surface area (TPSA) is 127 Å². The third-order valence-electron chi connectivity index (χ3n) is 4.50. The molecule has 10 nitrogen and oxygen atoms in total. The molecule has 3 rings (SSSR count). The van der Waals surface area contributed by atoms with Crippen molar-refractivity contribution in [2.24, 2.45) is 0 Å². The summed E-state index contributed by atoms with van der Waals surface area (Å²) in [5.41, 5.74) is 0.857. The van der Waals surface area contributed by atoms with Crippen molar-refractivity contribution in [1.82, 2.24) is 30.9 Å². The molecule has 11 heteroatoms. The number of nitrogens with one attached hydrogen (secondary N) is 3. The van der Waals surface area contributed by atoms with Crippen LogP contribution in [0.25, 0.3) is 0 Å². The molecule has 1 aliphatic heterocycles. The Bertz CT molecular complexity index is 947. The average Bonchev–Trinajstić information content (AvgIpc) is 3.16. The lowest BCUT2D eigenvalue weighted by Crippen LogP contribution is -2.51. The minimum Gasteiger partial charge on any atom is -0.493 e. The second kappa shape index (κ2) is 9.57. The fraction of sp³-hybridized carbons (Fsp3) is 0.421. The molecule has 3 N–H and O–H groups in total. The predicted molar refractivity (Wildman–Crippen MR) is 108 cm³/mol. The van der Waals surface area contributed by atoms with E-state index in [9.17, 15) is 14.4 Å². The number of nitrogens with zero attached hydrogens (tertiary/aromatic N) is 3. The molecule has 2 heterocycles. The Balaban J connectivity index is 1.82. The molecule has 0 radical (unpaired) electrons. The molecule has 160 valence electrons. The molecule has 1 aliphatic rings. The van der Waals surface area contributed by atoms with Gasteiger partial charge in [-0.2, -0.15) is 0 Å². The zero-order valence-electron chi connectivity index (χ0n) is 16.6. The van der Waals surface area contributed by atoms with Gasteiger partial charge in [-0.05, 0) is 32.0 Å². The van der Waals surface area contributed by atoms with E-state index >= 15 is 0 Å². The predicted octanol–water partition coefficient (Wildman–Crippen LogP) is 0.653. The van der Waals surface area contributed by atoms with Gasteiger partial charge >= 0.3 is 0 Å². The Kier molecular flexibility index (Phi) is 6.88. The Labute approximate surface area is 178 Å². The van der Waals surface area contributed by atoms with E-state index in [4.69, 9.17) is 16.3 Å². The molecule has 0 saturated carbocycles. The number of aromatic nitrogens is 3. The Morgan fingerprint density at radius 1 is 1.13 bits per heavy atom. The SMILES string of the molecule is C[C@H]1NC(=O)c2ccc(Cl)cc2OCCCn2cc(nn2)CNC(=O)[C@@H](C)NC1=O. The zero-order valence-corrected chi connectivity index (χ0v) is 17.4. The van der Waals surface area contributed by atoms with Crippen molar-refractivity contribution < 1.29 is 19.1 Å². The second-order valence-electron chi connectivity index (χ2n) is 6.96. The summed E-state index contributed by atoms with van der Waals surface area (Å²) in [5, 5.41) is 16.4. The van der Waals surface area contributed by atoms with Gasteiger partial charge in [0.1, 0.15) is 23.5 Å².